The number of thioether (sulfide) groups is 1. The third kappa shape index (κ3) is 6.33. The number of hydrogen-bond acceptors (Lipinski definition) is 4. The van der Waals surface area contributed by atoms with Gasteiger partial charge in [-0.3, -0.25) is 9.36 Å². The first-order chi connectivity index (χ1) is 16.2. The van der Waals surface area contributed by atoms with Crippen LogP contribution in [0.3, 0.4) is 0 Å². The maximum atomic E-state index is 12.2. The molecule has 0 unspecified atom stereocenters. The number of rotatable bonds is 10. The van der Waals surface area contributed by atoms with Crippen LogP contribution in [0, 0.1) is 6.92 Å². The van der Waals surface area contributed by atoms with E-state index in [-0.39, 0.29) is 5.91 Å². The number of aryl methyl sites for hydroxylation is 1. The summed E-state index contributed by atoms with van der Waals surface area (Å²) in [5, 5.41) is 12.8. The molecule has 0 aliphatic rings. The molecule has 1 N–H and O–H groups in total. The molecule has 0 fully saturated rings. The van der Waals surface area contributed by atoms with Gasteiger partial charge < -0.3 is 5.32 Å². The molecule has 0 bridgehead atoms. The maximum absolute atomic E-state index is 12.2. The van der Waals surface area contributed by atoms with E-state index in [9.17, 15) is 4.79 Å². The molecule has 0 aliphatic carbocycles. The fourth-order valence-electron chi connectivity index (χ4n) is 3.61. The van der Waals surface area contributed by atoms with Gasteiger partial charge in [-0.1, -0.05) is 84.6 Å². The minimum atomic E-state index is 0.0941. The molecule has 1 amide bonds. The molecule has 5 nitrogen and oxygen atoms in total. The first kappa shape index (κ1) is 22.8. The highest BCUT2D eigenvalue weighted by atomic mass is 32.2. The molecule has 0 spiro atoms. The van der Waals surface area contributed by atoms with E-state index in [1.807, 2.05) is 54.6 Å². The Kier molecular flexibility index (Phi) is 7.93. The average Bonchev–Trinajstić information content (AvgIpc) is 3.27. The standard InChI is InChI=1S/C27H28N4OS/c1-21-10-8-15-24(20-21)31-26(23-13-6-3-7-14-23)29-30-27(31)33-19-9-16-25(32)28-18-17-22-11-4-2-5-12-22/h2-8,10-15,20H,9,16-19H2,1H3,(H,28,32). The van der Waals surface area contributed by atoms with Crippen molar-refractivity contribution in [3.05, 3.63) is 96.1 Å². The number of aromatic nitrogens is 3. The van der Waals surface area contributed by atoms with Crippen LogP contribution in [-0.2, 0) is 11.2 Å². The van der Waals surface area contributed by atoms with Crippen molar-refractivity contribution < 1.29 is 4.79 Å². The Hall–Kier alpha value is -3.38. The van der Waals surface area contributed by atoms with Crippen LogP contribution in [0.2, 0.25) is 0 Å². The molecule has 0 atom stereocenters. The van der Waals surface area contributed by atoms with Crippen LogP contribution in [0.4, 0.5) is 0 Å². The van der Waals surface area contributed by atoms with Crippen molar-refractivity contribution in [2.75, 3.05) is 12.3 Å². The van der Waals surface area contributed by atoms with Crippen molar-refractivity contribution in [1.29, 1.82) is 0 Å². The number of hydrogen-bond donors (Lipinski definition) is 1. The highest BCUT2D eigenvalue weighted by molar-refractivity contribution is 7.99. The van der Waals surface area contributed by atoms with E-state index in [2.05, 4.69) is 57.3 Å². The van der Waals surface area contributed by atoms with Gasteiger partial charge in [0.1, 0.15) is 0 Å². The third-order valence-corrected chi connectivity index (χ3v) is 6.30. The van der Waals surface area contributed by atoms with Crippen molar-refractivity contribution in [2.45, 2.75) is 31.3 Å². The molecule has 0 saturated heterocycles. The van der Waals surface area contributed by atoms with Crippen LogP contribution >= 0.6 is 11.8 Å². The van der Waals surface area contributed by atoms with Crippen LogP contribution in [0.1, 0.15) is 24.0 Å². The van der Waals surface area contributed by atoms with E-state index in [1.54, 1.807) is 11.8 Å². The number of nitrogens with one attached hydrogen (secondary N) is 1. The van der Waals surface area contributed by atoms with Crippen molar-refractivity contribution in [3.63, 3.8) is 0 Å². The summed E-state index contributed by atoms with van der Waals surface area (Å²) in [5.41, 5.74) is 4.48. The molecule has 4 rings (SSSR count). The number of carbonyl (C=O) groups excluding carboxylic acids is 1. The molecule has 168 valence electrons. The van der Waals surface area contributed by atoms with Gasteiger partial charge >= 0.3 is 0 Å². The quantitative estimate of drug-likeness (QED) is 0.254. The van der Waals surface area contributed by atoms with E-state index < -0.39 is 0 Å². The van der Waals surface area contributed by atoms with E-state index in [4.69, 9.17) is 0 Å². The summed E-state index contributed by atoms with van der Waals surface area (Å²) in [6.07, 6.45) is 2.14. The first-order valence-electron chi connectivity index (χ1n) is 11.2. The molecular formula is C27H28N4OS. The average molecular weight is 457 g/mol. The van der Waals surface area contributed by atoms with Gasteiger partial charge in [-0.05, 0) is 43.0 Å². The first-order valence-corrected chi connectivity index (χ1v) is 12.2. The topological polar surface area (TPSA) is 59.8 Å². The molecule has 1 aromatic heterocycles. The number of nitrogens with zero attached hydrogens (tertiary/aromatic N) is 3. The summed E-state index contributed by atoms with van der Waals surface area (Å²) in [5.74, 6) is 1.71. The Morgan fingerprint density at radius 2 is 1.70 bits per heavy atom. The molecule has 4 aromatic rings. The lowest BCUT2D eigenvalue weighted by Gasteiger charge is -2.11. The molecular weight excluding hydrogens is 428 g/mol. The Bertz CT molecular complexity index is 1180. The zero-order chi connectivity index (χ0) is 22.9. The summed E-state index contributed by atoms with van der Waals surface area (Å²) < 4.78 is 2.10. The van der Waals surface area contributed by atoms with Crippen LogP contribution in [0.25, 0.3) is 17.1 Å². The third-order valence-electron chi connectivity index (χ3n) is 5.28. The molecule has 33 heavy (non-hydrogen) atoms. The van der Waals surface area contributed by atoms with Gasteiger partial charge in [0.2, 0.25) is 5.91 Å². The van der Waals surface area contributed by atoms with Crippen LogP contribution < -0.4 is 5.32 Å². The predicted octanol–water partition coefficient (Wildman–Crippen LogP) is 5.47. The van der Waals surface area contributed by atoms with Gasteiger partial charge in [0, 0.05) is 30.0 Å². The largest absolute Gasteiger partial charge is 0.356 e. The van der Waals surface area contributed by atoms with Gasteiger partial charge in [0.15, 0.2) is 11.0 Å². The lowest BCUT2D eigenvalue weighted by Crippen LogP contribution is -2.25. The smallest absolute Gasteiger partial charge is 0.220 e. The SMILES string of the molecule is Cc1cccc(-n2c(SCCCC(=O)NCCc3ccccc3)nnc2-c2ccccc2)c1. The molecule has 0 aliphatic heterocycles. The minimum Gasteiger partial charge on any atom is -0.356 e. The molecule has 6 heteroatoms. The normalized spacial score (nSPS) is 10.8. The summed E-state index contributed by atoms with van der Waals surface area (Å²) in [4.78, 5) is 12.2. The highest BCUT2D eigenvalue weighted by Crippen LogP contribution is 2.28. The number of benzene rings is 3. The van der Waals surface area contributed by atoms with Gasteiger partial charge in [-0.2, -0.15) is 0 Å². The van der Waals surface area contributed by atoms with Gasteiger partial charge in [-0.15, -0.1) is 10.2 Å². The van der Waals surface area contributed by atoms with E-state index >= 15 is 0 Å². The maximum Gasteiger partial charge on any atom is 0.220 e. The van der Waals surface area contributed by atoms with Crippen molar-refractivity contribution in [1.82, 2.24) is 20.1 Å². The van der Waals surface area contributed by atoms with E-state index in [0.29, 0.717) is 13.0 Å². The molecule has 3 aromatic carbocycles. The highest BCUT2D eigenvalue weighted by Gasteiger charge is 2.16. The van der Waals surface area contributed by atoms with Gasteiger partial charge in [0.25, 0.3) is 0 Å². The second kappa shape index (κ2) is 11.5. The Morgan fingerprint density at radius 1 is 0.939 bits per heavy atom. The zero-order valence-corrected chi connectivity index (χ0v) is 19.6. The summed E-state index contributed by atoms with van der Waals surface area (Å²) in [6.45, 7) is 2.75. The minimum absolute atomic E-state index is 0.0941. The second-order valence-corrected chi connectivity index (χ2v) is 8.95. The lowest BCUT2D eigenvalue weighted by atomic mass is 10.1. The lowest BCUT2D eigenvalue weighted by molar-refractivity contribution is -0.121. The van der Waals surface area contributed by atoms with Crippen molar-refractivity contribution >= 4 is 17.7 Å². The summed E-state index contributed by atoms with van der Waals surface area (Å²) in [7, 11) is 0. The van der Waals surface area contributed by atoms with E-state index in [1.165, 1.54) is 11.1 Å². The summed E-state index contributed by atoms with van der Waals surface area (Å²) in [6, 6.07) is 28.7. The monoisotopic (exact) mass is 456 g/mol. The fourth-order valence-corrected chi connectivity index (χ4v) is 4.50. The number of carbonyl (C=O) groups is 1. The van der Waals surface area contributed by atoms with Crippen molar-refractivity contribution in [3.8, 4) is 17.1 Å². The Balaban J connectivity index is 1.35. The zero-order valence-electron chi connectivity index (χ0n) is 18.8. The van der Waals surface area contributed by atoms with Crippen LogP contribution in [-0.4, -0.2) is 33.0 Å². The summed E-state index contributed by atoms with van der Waals surface area (Å²) >= 11 is 1.64. The van der Waals surface area contributed by atoms with Gasteiger partial charge in [0.05, 0.1) is 0 Å². The van der Waals surface area contributed by atoms with Gasteiger partial charge in [-0.25, -0.2) is 0 Å². The predicted molar refractivity (Wildman–Crippen MR) is 135 cm³/mol. The Labute approximate surface area is 199 Å². The second-order valence-electron chi connectivity index (χ2n) is 7.88. The fraction of sp³-hybridized carbons (Fsp3) is 0.222. The molecule has 1 heterocycles. The Morgan fingerprint density at radius 3 is 2.45 bits per heavy atom. The molecule has 0 saturated carbocycles. The van der Waals surface area contributed by atoms with E-state index in [0.717, 1.165) is 40.8 Å². The number of amides is 1. The molecule has 0 radical (unpaired) electrons. The van der Waals surface area contributed by atoms with Crippen LogP contribution in [0.15, 0.2) is 90.1 Å². The van der Waals surface area contributed by atoms with Crippen molar-refractivity contribution in [2.24, 2.45) is 0 Å². The van der Waals surface area contributed by atoms with Crippen LogP contribution in [0.5, 0.6) is 0 Å².